The standard InChI is InChI=1S/C9H7Br2N3/c1-6-4-14(5-13-6)8-2-9(11)12-3-7(8)10/h2-5H,1H3. The van der Waals surface area contributed by atoms with E-state index in [1.807, 2.05) is 23.8 Å². The molecule has 5 heteroatoms. The molecule has 0 radical (unpaired) electrons. The summed E-state index contributed by atoms with van der Waals surface area (Å²) in [5, 5.41) is 0. The van der Waals surface area contributed by atoms with Gasteiger partial charge < -0.3 is 4.57 Å². The van der Waals surface area contributed by atoms with Gasteiger partial charge in [-0.25, -0.2) is 9.97 Å². The van der Waals surface area contributed by atoms with Crippen molar-refractivity contribution in [3.8, 4) is 5.69 Å². The molecule has 0 aliphatic heterocycles. The van der Waals surface area contributed by atoms with E-state index in [0.29, 0.717) is 0 Å². The molecule has 0 unspecified atom stereocenters. The number of imidazole rings is 1. The molecule has 0 saturated carbocycles. The molecule has 0 aliphatic rings. The van der Waals surface area contributed by atoms with Gasteiger partial charge in [-0.15, -0.1) is 0 Å². The van der Waals surface area contributed by atoms with Gasteiger partial charge in [0.1, 0.15) is 4.60 Å². The first-order valence-electron chi connectivity index (χ1n) is 3.99. The van der Waals surface area contributed by atoms with Crippen molar-refractivity contribution in [2.45, 2.75) is 6.92 Å². The molecule has 0 atom stereocenters. The Bertz CT molecular complexity index is 465. The second-order valence-electron chi connectivity index (χ2n) is 2.88. The normalized spacial score (nSPS) is 10.5. The summed E-state index contributed by atoms with van der Waals surface area (Å²) in [5.41, 5.74) is 2.01. The lowest BCUT2D eigenvalue weighted by atomic mass is 10.4. The quantitative estimate of drug-likeness (QED) is 0.757. The summed E-state index contributed by atoms with van der Waals surface area (Å²) in [6.07, 6.45) is 5.50. The fourth-order valence-corrected chi connectivity index (χ4v) is 1.90. The number of nitrogens with zero attached hydrogens (tertiary/aromatic N) is 3. The van der Waals surface area contributed by atoms with Crippen LogP contribution in [0, 0.1) is 6.92 Å². The van der Waals surface area contributed by atoms with E-state index in [1.54, 1.807) is 12.5 Å². The fraction of sp³-hybridized carbons (Fsp3) is 0.111. The highest BCUT2D eigenvalue weighted by molar-refractivity contribution is 9.11. The van der Waals surface area contributed by atoms with Crippen molar-refractivity contribution in [1.29, 1.82) is 0 Å². The van der Waals surface area contributed by atoms with E-state index in [9.17, 15) is 0 Å². The number of halogens is 2. The average molecular weight is 317 g/mol. The summed E-state index contributed by atoms with van der Waals surface area (Å²) in [7, 11) is 0. The molecule has 72 valence electrons. The summed E-state index contributed by atoms with van der Waals surface area (Å²) in [6, 6.07) is 1.94. The van der Waals surface area contributed by atoms with Gasteiger partial charge in [-0.05, 0) is 44.8 Å². The second kappa shape index (κ2) is 3.82. The predicted molar refractivity (Wildman–Crippen MR) is 61.5 cm³/mol. The highest BCUT2D eigenvalue weighted by Gasteiger charge is 2.04. The first-order valence-corrected chi connectivity index (χ1v) is 5.57. The molecule has 2 aromatic rings. The number of aromatic nitrogens is 3. The van der Waals surface area contributed by atoms with Crippen molar-refractivity contribution >= 4 is 31.9 Å². The van der Waals surface area contributed by atoms with Gasteiger partial charge in [-0.2, -0.15) is 0 Å². The van der Waals surface area contributed by atoms with Crippen molar-refractivity contribution in [2.24, 2.45) is 0 Å². The number of pyridine rings is 1. The third-order valence-corrected chi connectivity index (χ3v) is 2.84. The highest BCUT2D eigenvalue weighted by Crippen LogP contribution is 2.22. The topological polar surface area (TPSA) is 30.7 Å². The Hall–Kier alpha value is -0.680. The van der Waals surface area contributed by atoms with Crippen molar-refractivity contribution in [1.82, 2.24) is 14.5 Å². The Balaban J connectivity index is 2.55. The van der Waals surface area contributed by atoms with Crippen LogP contribution in [-0.4, -0.2) is 14.5 Å². The van der Waals surface area contributed by atoms with Crippen molar-refractivity contribution in [3.05, 3.63) is 39.6 Å². The lowest BCUT2D eigenvalue weighted by Crippen LogP contribution is -1.92. The van der Waals surface area contributed by atoms with Gasteiger partial charge in [-0.3, -0.25) is 0 Å². The maximum Gasteiger partial charge on any atom is 0.108 e. The molecule has 0 N–H and O–H groups in total. The molecule has 2 heterocycles. The Morgan fingerprint density at radius 1 is 1.29 bits per heavy atom. The van der Waals surface area contributed by atoms with Gasteiger partial charge in [0, 0.05) is 12.4 Å². The Labute approximate surface area is 98.4 Å². The first-order chi connectivity index (χ1) is 6.66. The lowest BCUT2D eigenvalue weighted by molar-refractivity contribution is 1.03. The third kappa shape index (κ3) is 1.88. The molecule has 0 fully saturated rings. The van der Waals surface area contributed by atoms with Crippen LogP contribution in [0.5, 0.6) is 0 Å². The molecule has 0 bridgehead atoms. The molecule has 2 rings (SSSR count). The number of rotatable bonds is 1. The van der Waals surface area contributed by atoms with Gasteiger partial charge in [0.05, 0.1) is 22.2 Å². The zero-order valence-corrected chi connectivity index (χ0v) is 10.6. The first kappa shape index (κ1) is 9.86. The Morgan fingerprint density at radius 3 is 2.71 bits per heavy atom. The summed E-state index contributed by atoms with van der Waals surface area (Å²) in [6.45, 7) is 1.96. The molecule has 2 aromatic heterocycles. The van der Waals surface area contributed by atoms with Crippen LogP contribution in [0.3, 0.4) is 0 Å². The van der Waals surface area contributed by atoms with E-state index in [2.05, 4.69) is 41.8 Å². The van der Waals surface area contributed by atoms with E-state index in [1.165, 1.54) is 0 Å². The van der Waals surface area contributed by atoms with E-state index in [-0.39, 0.29) is 0 Å². The van der Waals surface area contributed by atoms with Crippen LogP contribution in [0.25, 0.3) is 5.69 Å². The lowest BCUT2D eigenvalue weighted by Gasteiger charge is -2.04. The molecular weight excluding hydrogens is 310 g/mol. The van der Waals surface area contributed by atoms with Crippen molar-refractivity contribution < 1.29 is 0 Å². The van der Waals surface area contributed by atoms with Crippen LogP contribution >= 0.6 is 31.9 Å². The molecule has 14 heavy (non-hydrogen) atoms. The fourth-order valence-electron chi connectivity index (χ4n) is 1.15. The summed E-state index contributed by atoms with van der Waals surface area (Å²) >= 11 is 6.78. The van der Waals surface area contributed by atoms with Crippen LogP contribution < -0.4 is 0 Å². The van der Waals surface area contributed by atoms with Gasteiger partial charge in [-0.1, -0.05) is 0 Å². The number of hydrogen-bond donors (Lipinski definition) is 0. The molecule has 0 aliphatic carbocycles. The van der Waals surface area contributed by atoms with Crippen LogP contribution in [0.15, 0.2) is 33.9 Å². The molecule has 0 spiro atoms. The largest absolute Gasteiger partial charge is 0.305 e. The maximum absolute atomic E-state index is 4.17. The molecule has 0 aromatic carbocycles. The minimum atomic E-state index is 0.807. The van der Waals surface area contributed by atoms with Crippen LogP contribution in [0.4, 0.5) is 0 Å². The SMILES string of the molecule is Cc1cn(-c2cc(Br)ncc2Br)cn1. The molecule has 0 amide bonds. The number of hydrogen-bond acceptors (Lipinski definition) is 2. The smallest absolute Gasteiger partial charge is 0.108 e. The summed E-state index contributed by atoms with van der Waals surface area (Å²) in [4.78, 5) is 8.28. The minimum absolute atomic E-state index is 0.807. The Kier molecular flexibility index (Phi) is 2.69. The highest BCUT2D eigenvalue weighted by atomic mass is 79.9. The van der Waals surface area contributed by atoms with Crippen molar-refractivity contribution in [2.75, 3.05) is 0 Å². The predicted octanol–water partition coefficient (Wildman–Crippen LogP) is 3.10. The molecular formula is C9H7Br2N3. The van der Waals surface area contributed by atoms with Crippen LogP contribution in [0.2, 0.25) is 0 Å². The molecule has 0 saturated heterocycles. The maximum atomic E-state index is 4.17. The zero-order chi connectivity index (χ0) is 10.1. The van der Waals surface area contributed by atoms with Gasteiger partial charge in [0.25, 0.3) is 0 Å². The molecule has 3 nitrogen and oxygen atoms in total. The van der Waals surface area contributed by atoms with E-state index >= 15 is 0 Å². The Morgan fingerprint density at radius 2 is 2.07 bits per heavy atom. The minimum Gasteiger partial charge on any atom is -0.305 e. The average Bonchev–Trinajstić information content (AvgIpc) is 2.56. The third-order valence-electron chi connectivity index (χ3n) is 1.79. The van der Waals surface area contributed by atoms with Gasteiger partial charge >= 0.3 is 0 Å². The summed E-state index contributed by atoms with van der Waals surface area (Å²) < 4.78 is 3.70. The van der Waals surface area contributed by atoms with Crippen LogP contribution in [0.1, 0.15) is 5.69 Å². The van der Waals surface area contributed by atoms with E-state index in [0.717, 1.165) is 20.5 Å². The van der Waals surface area contributed by atoms with Gasteiger partial charge in [0.15, 0.2) is 0 Å². The van der Waals surface area contributed by atoms with Crippen molar-refractivity contribution in [3.63, 3.8) is 0 Å². The van der Waals surface area contributed by atoms with Gasteiger partial charge in [0.2, 0.25) is 0 Å². The second-order valence-corrected chi connectivity index (χ2v) is 4.55. The number of aryl methyl sites for hydroxylation is 1. The summed E-state index contributed by atoms with van der Waals surface area (Å²) in [5.74, 6) is 0. The monoisotopic (exact) mass is 315 g/mol. The van der Waals surface area contributed by atoms with E-state index in [4.69, 9.17) is 0 Å². The van der Waals surface area contributed by atoms with Crippen LogP contribution in [-0.2, 0) is 0 Å². The van der Waals surface area contributed by atoms with E-state index < -0.39 is 0 Å². The zero-order valence-electron chi connectivity index (χ0n) is 7.41.